The number of nitrogens with one attached hydrogen (secondary N) is 1. The third-order valence-corrected chi connectivity index (χ3v) is 14.9. The van der Waals surface area contributed by atoms with Crippen LogP contribution in [-0.4, -0.2) is 117 Å². The molecule has 0 aliphatic carbocycles. The molecule has 0 aliphatic rings. The molecule has 76 heavy (non-hydrogen) atoms. The van der Waals surface area contributed by atoms with Gasteiger partial charge in [-0.3, -0.25) is 0 Å². The zero-order valence-electron chi connectivity index (χ0n) is 44.7. The van der Waals surface area contributed by atoms with E-state index in [0.29, 0.717) is 24.6 Å². The lowest BCUT2D eigenvalue weighted by Gasteiger charge is -2.23. The van der Waals surface area contributed by atoms with Gasteiger partial charge in [-0.1, -0.05) is 72.8 Å². The van der Waals surface area contributed by atoms with Crippen LogP contribution in [-0.2, 0) is 69.3 Å². The molecule has 0 amide bonds. The van der Waals surface area contributed by atoms with Crippen molar-refractivity contribution >= 4 is 30.1 Å². The van der Waals surface area contributed by atoms with Crippen LogP contribution in [0.2, 0.25) is 0 Å². The summed E-state index contributed by atoms with van der Waals surface area (Å²) in [6.07, 6.45) is -0.584. The molecule has 0 aromatic heterocycles. The van der Waals surface area contributed by atoms with Gasteiger partial charge in [0.25, 0.3) is 0 Å². The zero-order chi connectivity index (χ0) is 56.3. The van der Waals surface area contributed by atoms with E-state index in [1.165, 1.54) is 39.8 Å². The number of hydrogen-bond donors (Lipinski definition) is 4. The average molecular weight is 1110 g/mol. The minimum absolute atomic E-state index is 0.213. The molecule has 5 N–H and O–H groups in total. The molecule has 21 heteroatoms. The lowest BCUT2D eigenvalue weighted by atomic mass is 10.2. The summed E-state index contributed by atoms with van der Waals surface area (Å²) in [6.45, 7) is 5.58. The third kappa shape index (κ3) is 25.0. The maximum Gasteiger partial charge on any atom is 0.217 e. The fourth-order valence-electron chi connectivity index (χ4n) is 6.87. The van der Waals surface area contributed by atoms with Crippen LogP contribution in [0, 0.1) is 0 Å². The van der Waals surface area contributed by atoms with Crippen LogP contribution in [0.25, 0.3) is 0 Å². The summed E-state index contributed by atoms with van der Waals surface area (Å²) in [5.41, 5.74) is 5.99. The first-order chi connectivity index (χ1) is 36.0. The lowest BCUT2D eigenvalue weighted by molar-refractivity contribution is 0.215. The van der Waals surface area contributed by atoms with Gasteiger partial charge in [-0.15, -0.1) is 0 Å². The molecule has 6 aromatic rings. The lowest BCUT2D eigenvalue weighted by Crippen LogP contribution is -2.35. The second-order valence-electron chi connectivity index (χ2n) is 17.3. The van der Waals surface area contributed by atoms with Crippen molar-refractivity contribution in [3.05, 3.63) is 179 Å². The van der Waals surface area contributed by atoms with Crippen LogP contribution in [0.5, 0.6) is 34.5 Å². The average Bonchev–Trinajstić information content (AvgIpc) is 3.38. The summed E-state index contributed by atoms with van der Waals surface area (Å²) in [4.78, 5) is 0. The van der Waals surface area contributed by atoms with Crippen LogP contribution in [0.4, 0.5) is 0 Å². The predicted molar refractivity (Wildman–Crippen MR) is 297 cm³/mol. The Labute approximate surface area is 450 Å². The molecule has 0 heterocycles. The summed E-state index contributed by atoms with van der Waals surface area (Å²) in [6, 6.07) is 45.4. The van der Waals surface area contributed by atoms with Crippen molar-refractivity contribution in [1.29, 1.82) is 0 Å². The van der Waals surface area contributed by atoms with Crippen LogP contribution < -0.4 is 38.9 Å². The van der Waals surface area contributed by atoms with E-state index in [1.807, 2.05) is 97.1 Å². The minimum Gasteiger partial charge on any atom is -0.497 e. The minimum atomic E-state index is -3.63. The van der Waals surface area contributed by atoms with Crippen molar-refractivity contribution in [1.82, 2.24) is 13.9 Å². The van der Waals surface area contributed by atoms with Gasteiger partial charge >= 0.3 is 0 Å². The number of nitrogens with two attached hydrogens (primary N) is 1. The maximum atomic E-state index is 12.7. The number of aliphatic hydroxyl groups excluding tert-OH is 2. The second-order valence-corrected chi connectivity index (χ2v) is 23.0. The zero-order valence-corrected chi connectivity index (χ0v) is 47.1. The number of nitrogens with zero attached hydrogens (tertiary/aromatic N) is 2. The van der Waals surface area contributed by atoms with Crippen molar-refractivity contribution in [2.75, 3.05) is 60.4 Å². The van der Waals surface area contributed by atoms with Crippen LogP contribution in [0.15, 0.2) is 146 Å². The van der Waals surface area contributed by atoms with E-state index in [0.717, 1.165) is 58.3 Å². The second kappa shape index (κ2) is 32.3. The molecular weight excluding hydrogens is 1040 g/mol. The van der Waals surface area contributed by atoms with E-state index in [4.69, 9.17) is 33.5 Å². The fourth-order valence-corrected chi connectivity index (χ4v) is 9.82. The van der Waals surface area contributed by atoms with Gasteiger partial charge in [0.2, 0.25) is 30.1 Å². The summed E-state index contributed by atoms with van der Waals surface area (Å²) >= 11 is 0. The van der Waals surface area contributed by atoms with E-state index >= 15 is 0 Å². The van der Waals surface area contributed by atoms with Crippen LogP contribution in [0.1, 0.15) is 47.2 Å². The summed E-state index contributed by atoms with van der Waals surface area (Å²) in [7, 11) is -0.708. The summed E-state index contributed by atoms with van der Waals surface area (Å²) < 4.78 is 103. The summed E-state index contributed by atoms with van der Waals surface area (Å²) in [5, 5.41) is 26.0. The van der Waals surface area contributed by atoms with Gasteiger partial charge in [-0.05, 0) is 120 Å². The van der Waals surface area contributed by atoms with Crippen molar-refractivity contribution in [2.24, 2.45) is 5.14 Å². The van der Waals surface area contributed by atoms with Gasteiger partial charge in [0, 0.05) is 39.3 Å². The molecule has 6 aromatic carbocycles. The first kappa shape index (κ1) is 64.0. The molecule has 6 rings (SSSR count). The quantitative estimate of drug-likeness (QED) is 0.0491. The molecule has 416 valence electrons. The van der Waals surface area contributed by atoms with Gasteiger partial charge in [-0.2, -0.15) is 8.61 Å². The standard InChI is InChI=1S/C19H25NO5S.C17H21NO4S.C16H19NO2.C3H9NO3S/c1-15(21)14-26(22,23)20(12-16-4-8-18(24-2)9-5-16)13-17-6-10-19(25-3)11-7-17;1-21-16-8-4-14(5-9-16)12-18(23(3,19)20)13-15-6-10-17(22-2)11-7-15;1-18-15-7-3-13(4-8-15)11-17-12-14-5-9-16(19-2)10-6-14;1-3(5)2-8(4,6)7/h4-11,15,21H,12-14H2,1-3H3;4-11H,12-13H2,1-3H3;3-10,17H,11-12H2,1-2H3;3,5H,2H2,1H3,(H2,4,6,7). The van der Waals surface area contributed by atoms with E-state index in [-0.39, 0.29) is 24.6 Å². The van der Waals surface area contributed by atoms with Gasteiger partial charge < -0.3 is 44.0 Å². The molecule has 0 aliphatic heterocycles. The Morgan fingerprint density at radius 1 is 0.408 bits per heavy atom. The molecule has 2 atom stereocenters. The van der Waals surface area contributed by atoms with Gasteiger partial charge in [0.05, 0.1) is 72.6 Å². The molecule has 0 saturated carbocycles. The Kier molecular flexibility index (Phi) is 27.2. The molecule has 2 unspecified atom stereocenters. The Morgan fingerprint density at radius 2 is 0.632 bits per heavy atom. The molecule has 0 radical (unpaired) electrons. The van der Waals surface area contributed by atoms with Gasteiger partial charge in [0.1, 0.15) is 34.5 Å². The number of hydrogen-bond acceptors (Lipinski definition) is 15. The third-order valence-electron chi connectivity index (χ3n) is 10.8. The van der Waals surface area contributed by atoms with Gasteiger partial charge in [0.15, 0.2) is 0 Å². The monoisotopic (exact) mass is 1110 g/mol. The van der Waals surface area contributed by atoms with Gasteiger partial charge in [-0.25, -0.2) is 30.4 Å². The molecule has 0 spiro atoms. The van der Waals surface area contributed by atoms with Crippen molar-refractivity contribution < 1.29 is 63.9 Å². The first-order valence-electron chi connectivity index (χ1n) is 23.8. The fraction of sp³-hybridized carbons (Fsp3) is 0.345. The molecule has 18 nitrogen and oxygen atoms in total. The van der Waals surface area contributed by atoms with E-state index in [9.17, 15) is 30.4 Å². The SMILES string of the molecule is CC(O)CS(N)(=O)=O.COc1ccc(CN(Cc2ccc(OC)cc2)S(=O)(=O)CC(C)O)cc1.COc1ccc(CN(Cc2ccc(OC)cc2)S(C)(=O)=O)cc1.COc1ccc(CNCc2ccc(OC)cc2)cc1. The van der Waals surface area contributed by atoms with Crippen molar-refractivity contribution in [3.63, 3.8) is 0 Å². The topological polar surface area (TPSA) is 243 Å². The molecule has 0 fully saturated rings. The van der Waals surface area contributed by atoms with E-state index in [2.05, 4.69) is 34.7 Å². The first-order valence-corrected chi connectivity index (χ1v) is 28.9. The maximum absolute atomic E-state index is 12.7. The van der Waals surface area contributed by atoms with Crippen LogP contribution >= 0.6 is 0 Å². The molecule has 0 bridgehead atoms. The number of aliphatic hydroxyl groups is 2. The van der Waals surface area contributed by atoms with E-state index in [1.54, 1.807) is 66.9 Å². The number of ether oxygens (including phenoxy) is 6. The smallest absolute Gasteiger partial charge is 0.217 e. The highest BCUT2D eigenvalue weighted by Crippen LogP contribution is 2.22. The Hall–Kier alpha value is -6.27. The van der Waals surface area contributed by atoms with E-state index < -0.39 is 42.3 Å². The largest absolute Gasteiger partial charge is 0.497 e. The Bertz CT molecular complexity index is 2770. The normalized spacial score (nSPS) is 12.1. The predicted octanol–water partition coefficient (Wildman–Crippen LogP) is 6.73. The summed E-state index contributed by atoms with van der Waals surface area (Å²) in [5.74, 6) is 4.00. The molecule has 0 saturated heterocycles. The van der Waals surface area contributed by atoms with Crippen molar-refractivity contribution in [2.45, 2.75) is 65.3 Å². The van der Waals surface area contributed by atoms with Crippen molar-refractivity contribution in [3.8, 4) is 34.5 Å². The number of primary sulfonamides is 1. The highest BCUT2D eigenvalue weighted by molar-refractivity contribution is 7.89. The highest BCUT2D eigenvalue weighted by Gasteiger charge is 2.25. The van der Waals surface area contributed by atoms with Crippen LogP contribution in [0.3, 0.4) is 0 Å². The number of sulfonamides is 3. The Balaban J connectivity index is 0.000000282. The Morgan fingerprint density at radius 3 is 0.816 bits per heavy atom. The number of benzene rings is 6. The highest BCUT2D eigenvalue weighted by atomic mass is 32.2. The number of methoxy groups -OCH3 is 6. The molecular formula is C55H74N4O14S3. The number of rotatable bonds is 24.